The van der Waals surface area contributed by atoms with Crippen molar-refractivity contribution in [3.63, 3.8) is 0 Å². The van der Waals surface area contributed by atoms with Crippen molar-refractivity contribution >= 4 is 5.78 Å². The fraction of sp³-hybridized carbons (Fsp3) is 0.727. The van der Waals surface area contributed by atoms with Crippen molar-refractivity contribution in [1.82, 2.24) is 0 Å². The van der Waals surface area contributed by atoms with Crippen LogP contribution < -0.4 is 0 Å². The molecule has 1 heteroatoms. The molecule has 0 unspecified atom stereocenters. The molecular formula is C11H18O. The Morgan fingerprint density at radius 1 is 1.08 bits per heavy atom. The topological polar surface area (TPSA) is 17.1 Å². The summed E-state index contributed by atoms with van der Waals surface area (Å²) in [6, 6.07) is 0. The molecule has 0 saturated heterocycles. The van der Waals surface area contributed by atoms with Gasteiger partial charge in [0.2, 0.25) is 0 Å². The van der Waals surface area contributed by atoms with Crippen LogP contribution in [0.4, 0.5) is 0 Å². The van der Waals surface area contributed by atoms with E-state index < -0.39 is 0 Å². The molecule has 0 aliphatic heterocycles. The second-order valence-electron chi connectivity index (χ2n) is 3.69. The summed E-state index contributed by atoms with van der Waals surface area (Å²) in [6.45, 7) is 2.17. The second-order valence-corrected chi connectivity index (χ2v) is 3.69. The first-order valence-electron chi connectivity index (χ1n) is 4.96. The van der Waals surface area contributed by atoms with Gasteiger partial charge >= 0.3 is 0 Å². The van der Waals surface area contributed by atoms with Gasteiger partial charge in [-0.2, -0.15) is 0 Å². The van der Waals surface area contributed by atoms with Crippen molar-refractivity contribution in [2.24, 2.45) is 0 Å². The van der Waals surface area contributed by atoms with Crippen LogP contribution in [0.25, 0.3) is 0 Å². The molecule has 0 heterocycles. The SMILES string of the molecule is CC1=CCCCCC(=O)CCC1. The zero-order chi connectivity index (χ0) is 8.81. The Labute approximate surface area is 74.9 Å². The van der Waals surface area contributed by atoms with Crippen molar-refractivity contribution in [3.8, 4) is 0 Å². The molecule has 0 aromatic rings. The first kappa shape index (κ1) is 9.50. The summed E-state index contributed by atoms with van der Waals surface area (Å²) in [4.78, 5) is 11.2. The van der Waals surface area contributed by atoms with Gasteiger partial charge in [-0.3, -0.25) is 4.79 Å². The molecule has 1 aliphatic carbocycles. The molecule has 1 aliphatic rings. The number of rotatable bonds is 0. The molecule has 0 aromatic carbocycles. The Morgan fingerprint density at radius 3 is 2.67 bits per heavy atom. The molecule has 0 bridgehead atoms. The lowest BCUT2D eigenvalue weighted by atomic mass is 10.0. The van der Waals surface area contributed by atoms with E-state index in [0.29, 0.717) is 5.78 Å². The summed E-state index contributed by atoms with van der Waals surface area (Å²) in [5.74, 6) is 0.463. The van der Waals surface area contributed by atoms with Crippen LogP contribution >= 0.6 is 0 Å². The fourth-order valence-corrected chi connectivity index (χ4v) is 1.61. The first-order valence-corrected chi connectivity index (χ1v) is 4.96. The van der Waals surface area contributed by atoms with Gasteiger partial charge in [-0.25, -0.2) is 0 Å². The minimum Gasteiger partial charge on any atom is -0.300 e. The van der Waals surface area contributed by atoms with Crippen LogP contribution in [0.1, 0.15) is 51.9 Å². The number of hydrogen-bond acceptors (Lipinski definition) is 1. The molecule has 12 heavy (non-hydrogen) atoms. The summed E-state index contributed by atoms with van der Waals surface area (Å²) < 4.78 is 0. The lowest BCUT2D eigenvalue weighted by molar-refractivity contribution is -0.119. The number of hydrogen-bond donors (Lipinski definition) is 0. The number of carbonyl (C=O) groups excluding carboxylic acids is 1. The normalized spacial score (nSPS) is 21.8. The molecule has 0 saturated carbocycles. The second kappa shape index (κ2) is 5.13. The molecule has 0 N–H and O–H groups in total. The van der Waals surface area contributed by atoms with Crippen LogP contribution in [0.5, 0.6) is 0 Å². The van der Waals surface area contributed by atoms with Crippen molar-refractivity contribution in [1.29, 1.82) is 0 Å². The molecule has 68 valence electrons. The van der Waals surface area contributed by atoms with Gasteiger partial charge in [0, 0.05) is 12.8 Å². The Morgan fingerprint density at radius 2 is 1.83 bits per heavy atom. The van der Waals surface area contributed by atoms with Gasteiger partial charge in [0.15, 0.2) is 0 Å². The first-order chi connectivity index (χ1) is 5.79. The van der Waals surface area contributed by atoms with Gasteiger partial charge in [-0.15, -0.1) is 0 Å². The van der Waals surface area contributed by atoms with E-state index in [-0.39, 0.29) is 0 Å². The van der Waals surface area contributed by atoms with Crippen molar-refractivity contribution < 1.29 is 4.79 Å². The quantitative estimate of drug-likeness (QED) is 0.505. The monoisotopic (exact) mass is 166 g/mol. The maximum Gasteiger partial charge on any atom is 0.132 e. The van der Waals surface area contributed by atoms with Crippen molar-refractivity contribution in [2.45, 2.75) is 51.9 Å². The highest BCUT2D eigenvalue weighted by molar-refractivity contribution is 5.78. The van der Waals surface area contributed by atoms with E-state index in [1.807, 2.05) is 0 Å². The third-order valence-corrected chi connectivity index (χ3v) is 2.43. The molecule has 1 nitrogen and oxygen atoms in total. The summed E-state index contributed by atoms with van der Waals surface area (Å²) in [7, 11) is 0. The highest BCUT2D eigenvalue weighted by Gasteiger charge is 2.03. The maximum absolute atomic E-state index is 11.2. The minimum absolute atomic E-state index is 0.463. The van der Waals surface area contributed by atoms with E-state index in [0.717, 1.165) is 32.1 Å². The lowest BCUT2D eigenvalue weighted by Crippen LogP contribution is -1.98. The summed E-state index contributed by atoms with van der Waals surface area (Å²) >= 11 is 0. The van der Waals surface area contributed by atoms with Crippen LogP contribution in [0, 0.1) is 0 Å². The lowest BCUT2D eigenvalue weighted by Gasteiger charge is -2.05. The molecule has 0 spiro atoms. The Hall–Kier alpha value is -0.590. The smallest absolute Gasteiger partial charge is 0.132 e. The summed E-state index contributed by atoms with van der Waals surface area (Å²) in [5, 5.41) is 0. The van der Waals surface area contributed by atoms with Crippen molar-refractivity contribution in [2.75, 3.05) is 0 Å². The van der Waals surface area contributed by atoms with Crippen molar-refractivity contribution in [3.05, 3.63) is 11.6 Å². The number of carbonyl (C=O) groups is 1. The van der Waals surface area contributed by atoms with Crippen LogP contribution in [-0.2, 0) is 4.79 Å². The number of ketones is 1. The molecule has 0 atom stereocenters. The van der Waals surface area contributed by atoms with E-state index in [1.165, 1.54) is 18.4 Å². The number of Topliss-reactive ketones (excluding diaryl/α,β-unsaturated/α-hetero) is 1. The van der Waals surface area contributed by atoms with Crippen LogP contribution in [-0.4, -0.2) is 5.78 Å². The zero-order valence-corrected chi connectivity index (χ0v) is 7.94. The minimum atomic E-state index is 0.463. The summed E-state index contributed by atoms with van der Waals surface area (Å²) in [6.07, 6.45) is 9.55. The predicted octanol–water partition coefficient (Wildman–Crippen LogP) is 3.25. The van der Waals surface area contributed by atoms with Gasteiger partial charge in [-0.1, -0.05) is 11.6 Å². The number of allylic oxidation sites excluding steroid dienone is 2. The van der Waals surface area contributed by atoms with Gasteiger partial charge in [0.25, 0.3) is 0 Å². The van der Waals surface area contributed by atoms with Crippen LogP contribution in [0.2, 0.25) is 0 Å². The van der Waals surface area contributed by atoms with Gasteiger partial charge < -0.3 is 0 Å². The van der Waals surface area contributed by atoms with Gasteiger partial charge in [0.1, 0.15) is 5.78 Å². The molecular weight excluding hydrogens is 148 g/mol. The van der Waals surface area contributed by atoms with Crippen LogP contribution in [0.15, 0.2) is 11.6 Å². The van der Waals surface area contributed by atoms with Crippen LogP contribution in [0.3, 0.4) is 0 Å². The zero-order valence-electron chi connectivity index (χ0n) is 7.94. The van der Waals surface area contributed by atoms with Gasteiger partial charge in [0.05, 0.1) is 0 Å². The van der Waals surface area contributed by atoms with E-state index in [4.69, 9.17) is 0 Å². The largest absolute Gasteiger partial charge is 0.300 e. The van der Waals surface area contributed by atoms with E-state index in [9.17, 15) is 4.79 Å². The highest BCUT2D eigenvalue weighted by atomic mass is 16.1. The third-order valence-electron chi connectivity index (χ3n) is 2.43. The average Bonchev–Trinajstić information content (AvgIpc) is 2.04. The predicted molar refractivity (Wildman–Crippen MR) is 51.1 cm³/mol. The Kier molecular flexibility index (Phi) is 4.06. The average molecular weight is 166 g/mol. The van der Waals surface area contributed by atoms with E-state index >= 15 is 0 Å². The Bertz CT molecular complexity index is 179. The summed E-state index contributed by atoms with van der Waals surface area (Å²) in [5.41, 5.74) is 1.46. The van der Waals surface area contributed by atoms with E-state index in [2.05, 4.69) is 13.0 Å². The molecule has 0 fully saturated rings. The highest BCUT2D eigenvalue weighted by Crippen LogP contribution is 2.14. The third kappa shape index (κ3) is 3.70. The van der Waals surface area contributed by atoms with E-state index in [1.54, 1.807) is 0 Å². The Balaban J connectivity index is 2.39. The standard InChI is InChI=1S/C11H18O/c1-10-6-3-2-4-8-11(12)9-5-7-10/h6H,2-5,7-9H2,1H3. The molecule has 0 amide bonds. The maximum atomic E-state index is 11.2. The van der Waals surface area contributed by atoms with Gasteiger partial charge in [-0.05, 0) is 39.0 Å². The molecule has 0 radical (unpaired) electrons. The molecule has 1 rings (SSSR count). The fourth-order valence-electron chi connectivity index (χ4n) is 1.61. The molecule has 0 aromatic heterocycles.